The maximum atomic E-state index is 13.8. The largest absolute Gasteiger partial charge is 0.369 e. The van der Waals surface area contributed by atoms with Crippen LogP contribution in [0.1, 0.15) is 24.1 Å². The lowest BCUT2D eigenvalue weighted by Crippen LogP contribution is -2.10. The molecule has 108 valence electrons. The normalized spacial score (nSPS) is 12.8. The second kappa shape index (κ2) is 5.04. The number of halogens is 2. The number of nitrogens with zero attached hydrogens (tertiary/aromatic N) is 2. The van der Waals surface area contributed by atoms with Crippen LogP contribution in [0.25, 0.3) is 11.0 Å². The van der Waals surface area contributed by atoms with E-state index in [0.717, 1.165) is 16.6 Å². The van der Waals surface area contributed by atoms with Gasteiger partial charge in [0.25, 0.3) is 0 Å². The number of nitrogen functional groups attached to an aromatic ring is 1. The predicted molar refractivity (Wildman–Crippen MR) is 84.1 cm³/mol. The summed E-state index contributed by atoms with van der Waals surface area (Å²) in [5, 5.41) is 0.580. The lowest BCUT2D eigenvalue weighted by Gasteiger charge is -2.17. The highest BCUT2D eigenvalue weighted by Crippen LogP contribution is 2.31. The first-order valence-electron chi connectivity index (χ1n) is 6.67. The van der Waals surface area contributed by atoms with Crippen LogP contribution >= 0.6 is 11.6 Å². The van der Waals surface area contributed by atoms with Gasteiger partial charge in [-0.1, -0.05) is 29.8 Å². The average Bonchev–Trinajstić information content (AvgIpc) is 2.78. The van der Waals surface area contributed by atoms with Crippen molar-refractivity contribution in [3.05, 3.63) is 58.4 Å². The van der Waals surface area contributed by atoms with Crippen molar-refractivity contribution < 1.29 is 4.39 Å². The molecule has 3 aromatic rings. The SMILES string of the molecule is Cc1ccc(C(C)n2c(N)nc3cccc(Cl)c32)cc1F. The molecule has 5 heteroatoms. The lowest BCUT2D eigenvalue weighted by atomic mass is 10.1. The Labute approximate surface area is 127 Å². The molecule has 21 heavy (non-hydrogen) atoms. The number of para-hydroxylation sites is 1. The molecule has 0 spiro atoms. The van der Waals surface area contributed by atoms with E-state index in [9.17, 15) is 4.39 Å². The van der Waals surface area contributed by atoms with Crippen molar-refractivity contribution in [1.29, 1.82) is 0 Å². The summed E-state index contributed by atoms with van der Waals surface area (Å²) in [4.78, 5) is 4.32. The third kappa shape index (κ3) is 2.25. The minimum atomic E-state index is -0.228. The third-order valence-electron chi connectivity index (χ3n) is 3.75. The molecule has 0 aliphatic carbocycles. The fraction of sp³-hybridized carbons (Fsp3) is 0.188. The van der Waals surface area contributed by atoms with Gasteiger partial charge in [-0.05, 0) is 43.2 Å². The Morgan fingerprint density at radius 3 is 2.76 bits per heavy atom. The van der Waals surface area contributed by atoms with Crippen molar-refractivity contribution in [1.82, 2.24) is 9.55 Å². The number of rotatable bonds is 2. The Balaban J connectivity index is 2.19. The molecule has 0 amide bonds. The van der Waals surface area contributed by atoms with Gasteiger partial charge in [0.15, 0.2) is 0 Å². The van der Waals surface area contributed by atoms with Gasteiger partial charge in [-0.3, -0.25) is 0 Å². The number of aryl methyl sites for hydroxylation is 1. The standard InChI is InChI=1S/C16H15ClFN3/c1-9-6-7-11(8-13(9)18)10(2)21-15-12(17)4-3-5-14(15)20-16(21)19/h3-8,10H,1-2H3,(H2,19,20). The van der Waals surface area contributed by atoms with Crippen molar-refractivity contribution >= 4 is 28.6 Å². The highest BCUT2D eigenvalue weighted by Gasteiger charge is 2.18. The first-order valence-corrected chi connectivity index (χ1v) is 7.05. The Morgan fingerprint density at radius 1 is 1.29 bits per heavy atom. The van der Waals surface area contributed by atoms with Gasteiger partial charge in [-0.15, -0.1) is 0 Å². The number of benzene rings is 2. The van der Waals surface area contributed by atoms with Gasteiger partial charge in [0, 0.05) is 0 Å². The van der Waals surface area contributed by atoms with Crippen LogP contribution in [0.2, 0.25) is 5.02 Å². The molecule has 0 aliphatic rings. The van der Waals surface area contributed by atoms with Gasteiger partial charge in [-0.25, -0.2) is 9.37 Å². The predicted octanol–water partition coefficient (Wildman–Crippen LogP) is 4.33. The fourth-order valence-electron chi connectivity index (χ4n) is 2.53. The topological polar surface area (TPSA) is 43.8 Å². The first-order chi connectivity index (χ1) is 9.99. The summed E-state index contributed by atoms with van der Waals surface area (Å²) in [5.74, 6) is 0.139. The lowest BCUT2D eigenvalue weighted by molar-refractivity contribution is 0.604. The summed E-state index contributed by atoms with van der Waals surface area (Å²) < 4.78 is 15.6. The molecule has 3 nitrogen and oxygen atoms in total. The number of aromatic nitrogens is 2. The molecule has 0 bridgehead atoms. The van der Waals surface area contributed by atoms with Crippen LogP contribution in [0.5, 0.6) is 0 Å². The number of imidazole rings is 1. The summed E-state index contributed by atoms with van der Waals surface area (Å²) in [6.07, 6.45) is 0. The summed E-state index contributed by atoms with van der Waals surface area (Å²) in [6.45, 7) is 3.69. The highest BCUT2D eigenvalue weighted by molar-refractivity contribution is 6.35. The zero-order chi connectivity index (χ0) is 15.1. The van der Waals surface area contributed by atoms with Gasteiger partial charge in [0.05, 0.1) is 22.1 Å². The summed E-state index contributed by atoms with van der Waals surface area (Å²) >= 11 is 6.27. The minimum absolute atomic E-state index is 0.162. The van der Waals surface area contributed by atoms with Gasteiger partial charge in [0.2, 0.25) is 5.95 Å². The second-order valence-corrected chi connectivity index (χ2v) is 5.54. The molecule has 0 saturated carbocycles. The Kier molecular flexibility index (Phi) is 3.33. The Hall–Kier alpha value is -2.07. The van der Waals surface area contributed by atoms with E-state index in [1.54, 1.807) is 19.1 Å². The van der Waals surface area contributed by atoms with Crippen LogP contribution in [0.4, 0.5) is 10.3 Å². The second-order valence-electron chi connectivity index (χ2n) is 5.13. The minimum Gasteiger partial charge on any atom is -0.369 e. The molecule has 0 saturated heterocycles. The van der Waals surface area contributed by atoms with Crippen molar-refractivity contribution in [2.45, 2.75) is 19.9 Å². The van der Waals surface area contributed by atoms with Crippen LogP contribution in [-0.2, 0) is 0 Å². The fourth-order valence-corrected chi connectivity index (χ4v) is 2.80. The number of hydrogen-bond donors (Lipinski definition) is 1. The van der Waals surface area contributed by atoms with E-state index >= 15 is 0 Å². The average molecular weight is 304 g/mol. The third-order valence-corrected chi connectivity index (χ3v) is 4.06. The molecule has 0 aliphatic heterocycles. The van der Waals surface area contributed by atoms with Gasteiger partial charge < -0.3 is 10.3 Å². The van der Waals surface area contributed by atoms with Crippen LogP contribution in [-0.4, -0.2) is 9.55 Å². The highest BCUT2D eigenvalue weighted by atomic mass is 35.5. The molecular formula is C16H15ClFN3. The van der Waals surface area contributed by atoms with Crippen molar-refractivity contribution in [2.75, 3.05) is 5.73 Å². The summed E-state index contributed by atoms with van der Waals surface area (Å²) in [6, 6.07) is 10.5. The maximum Gasteiger partial charge on any atom is 0.201 e. The van der Waals surface area contributed by atoms with Crippen LogP contribution in [0.3, 0.4) is 0 Å². The number of hydrogen-bond acceptors (Lipinski definition) is 2. The van der Waals surface area contributed by atoms with E-state index in [2.05, 4.69) is 4.98 Å². The van der Waals surface area contributed by atoms with E-state index in [4.69, 9.17) is 17.3 Å². The zero-order valence-corrected chi connectivity index (χ0v) is 12.5. The molecule has 2 N–H and O–H groups in total. The molecule has 2 aromatic carbocycles. The summed E-state index contributed by atoms with van der Waals surface area (Å²) in [7, 11) is 0. The van der Waals surface area contributed by atoms with E-state index < -0.39 is 0 Å². The van der Waals surface area contributed by atoms with Crippen LogP contribution in [0.15, 0.2) is 36.4 Å². The molecule has 1 heterocycles. The molecule has 1 unspecified atom stereocenters. The Morgan fingerprint density at radius 2 is 2.05 bits per heavy atom. The van der Waals surface area contributed by atoms with Crippen molar-refractivity contribution in [3.63, 3.8) is 0 Å². The van der Waals surface area contributed by atoms with E-state index in [1.165, 1.54) is 6.07 Å². The smallest absolute Gasteiger partial charge is 0.201 e. The molecule has 1 atom stereocenters. The van der Waals surface area contributed by atoms with Crippen LogP contribution in [0, 0.1) is 12.7 Å². The summed E-state index contributed by atoms with van der Waals surface area (Å²) in [5.41, 5.74) is 8.97. The quantitative estimate of drug-likeness (QED) is 0.766. The number of nitrogens with two attached hydrogens (primary N) is 1. The van der Waals surface area contributed by atoms with E-state index in [0.29, 0.717) is 16.5 Å². The molecular weight excluding hydrogens is 289 g/mol. The van der Waals surface area contributed by atoms with Gasteiger partial charge >= 0.3 is 0 Å². The zero-order valence-electron chi connectivity index (χ0n) is 11.8. The van der Waals surface area contributed by atoms with Gasteiger partial charge in [0.1, 0.15) is 5.82 Å². The maximum absolute atomic E-state index is 13.8. The molecule has 0 radical (unpaired) electrons. The number of fused-ring (bicyclic) bond motifs is 1. The van der Waals surface area contributed by atoms with Crippen molar-refractivity contribution in [2.24, 2.45) is 0 Å². The van der Waals surface area contributed by atoms with E-state index in [1.807, 2.05) is 29.7 Å². The van der Waals surface area contributed by atoms with Crippen molar-refractivity contribution in [3.8, 4) is 0 Å². The molecule has 3 rings (SSSR count). The monoisotopic (exact) mass is 303 g/mol. The number of anilines is 1. The first kappa shape index (κ1) is 13.9. The molecule has 1 aromatic heterocycles. The van der Waals surface area contributed by atoms with Crippen LogP contribution < -0.4 is 5.73 Å². The molecule has 0 fully saturated rings. The van der Waals surface area contributed by atoms with Gasteiger partial charge in [-0.2, -0.15) is 0 Å². The van der Waals surface area contributed by atoms with E-state index in [-0.39, 0.29) is 11.9 Å². The Bertz CT molecular complexity index is 826.